The number of ketones is 1. The Morgan fingerprint density at radius 2 is 2.06 bits per heavy atom. The van der Waals surface area contributed by atoms with Gasteiger partial charge in [-0.1, -0.05) is 15.9 Å². The minimum atomic E-state index is -4.53. The number of hydrogen-bond acceptors (Lipinski definition) is 2. The fourth-order valence-electron chi connectivity index (χ4n) is 1.18. The second-order valence-electron chi connectivity index (χ2n) is 2.97. The van der Waals surface area contributed by atoms with Gasteiger partial charge < -0.3 is 4.74 Å². The largest absolute Gasteiger partial charge is 0.496 e. The smallest absolute Gasteiger partial charge is 0.419 e. The molecule has 2 nitrogen and oxygen atoms in total. The number of halogens is 4. The van der Waals surface area contributed by atoms with Crippen molar-refractivity contribution < 1.29 is 22.7 Å². The van der Waals surface area contributed by atoms with Gasteiger partial charge in [0.1, 0.15) is 5.75 Å². The van der Waals surface area contributed by atoms with E-state index in [2.05, 4.69) is 20.7 Å². The van der Waals surface area contributed by atoms with Crippen LogP contribution in [-0.2, 0) is 6.18 Å². The quantitative estimate of drug-likeness (QED) is 0.632. The molecule has 0 atom stereocenters. The molecule has 1 aromatic carbocycles. The minimum absolute atomic E-state index is 0.00463. The van der Waals surface area contributed by atoms with Crippen molar-refractivity contribution in [2.75, 3.05) is 12.4 Å². The van der Waals surface area contributed by atoms with E-state index in [4.69, 9.17) is 0 Å². The van der Waals surface area contributed by atoms with E-state index >= 15 is 0 Å². The van der Waals surface area contributed by atoms with Gasteiger partial charge >= 0.3 is 6.18 Å². The van der Waals surface area contributed by atoms with Crippen LogP contribution in [0.15, 0.2) is 18.2 Å². The van der Waals surface area contributed by atoms with Gasteiger partial charge in [0.05, 0.1) is 18.0 Å². The molecule has 0 aliphatic carbocycles. The van der Waals surface area contributed by atoms with Gasteiger partial charge in [-0.2, -0.15) is 13.2 Å². The number of hydrogen-bond donors (Lipinski definition) is 0. The first kappa shape index (κ1) is 13.0. The molecule has 0 aromatic heterocycles. The summed E-state index contributed by atoms with van der Waals surface area (Å²) >= 11 is 2.90. The van der Waals surface area contributed by atoms with Gasteiger partial charge in [-0.3, -0.25) is 4.79 Å². The molecule has 0 heterocycles. The van der Waals surface area contributed by atoms with Gasteiger partial charge in [-0.05, 0) is 18.2 Å². The maximum atomic E-state index is 12.6. The molecule has 0 spiro atoms. The fraction of sp³-hybridized carbons (Fsp3) is 0.300. The average Bonchev–Trinajstić information content (AvgIpc) is 2.26. The molecule has 1 rings (SSSR count). The summed E-state index contributed by atoms with van der Waals surface area (Å²) in [4.78, 5) is 11.2. The topological polar surface area (TPSA) is 26.3 Å². The Balaban J connectivity index is 3.27. The lowest BCUT2D eigenvalue weighted by Gasteiger charge is -2.12. The van der Waals surface area contributed by atoms with Crippen molar-refractivity contribution in [2.24, 2.45) is 0 Å². The number of ether oxygens (including phenoxy) is 1. The number of methoxy groups -OCH3 is 1. The summed E-state index contributed by atoms with van der Waals surface area (Å²) in [6.45, 7) is 0. The van der Waals surface area contributed by atoms with E-state index in [-0.39, 0.29) is 16.6 Å². The van der Waals surface area contributed by atoms with Crippen LogP contribution in [0, 0.1) is 0 Å². The molecule has 1 aromatic rings. The molecule has 0 saturated carbocycles. The third-order valence-corrected chi connectivity index (χ3v) is 2.46. The standard InChI is InChI=1S/C10H8BrF3O2/c1-16-9-3-2-6(8(15)5-11)4-7(9)10(12,13)14/h2-4H,5H2,1H3. The van der Waals surface area contributed by atoms with Crippen molar-refractivity contribution in [1.82, 2.24) is 0 Å². The van der Waals surface area contributed by atoms with E-state index in [1.807, 2.05) is 0 Å². The van der Waals surface area contributed by atoms with Gasteiger partial charge in [0.25, 0.3) is 0 Å². The average molecular weight is 297 g/mol. The van der Waals surface area contributed by atoms with E-state index in [1.165, 1.54) is 6.07 Å². The monoisotopic (exact) mass is 296 g/mol. The zero-order valence-corrected chi connectivity index (χ0v) is 9.85. The fourth-order valence-corrected chi connectivity index (χ4v) is 1.50. The zero-order chi connectivity index (χ0) is 12.3. The van der Waals surface area contributed by atoms with Crippen LogP contribution in [0.2, 0.25) is 0 Å². The number of rotatable bonds is 3. The number of Topliss-reactive ketones (excluding diaryl/α,β-unsaturated/α-hetero) is 1. The Hall–Kier alpha value is -1.04. The Bertz CT molecular complexity index is 402. The van der Waals surface area contributed by atoms with Crippen molar-refractivity contribution in [1.29, 1.82) is 0 Å². The van der Waals surface area contributed by atoms with Crippen molar-refractivity contribution in [3.8, 4) is 5.75 Å². The summed E-state index contributed by atoms with van der Waals surface area (Å²) < 4.78 is 42.3. The lowest BCUT2D eigenvalue weighted by molar-refractivity contribution is -0.138. The lowest BCUT2D eigenvalue weighted by Crippen LogP contribution is -2.10. The summed E-state index contributed by atoms with van der Waals surface area (Å²) in [5.41, 5.74) is -0.938. The van der Waals surface area contributed by atoms with Crippen molar-refractivity contribution in [2.45, 2.75) is 6.18 Å². The molecular weight excluding hydrogens is 289 g/mol. The molecule has 0 aliphatic rings. The van der Waals surface area contributed by atoms with E-state index < -0.39 is 17.5 Å². The predicted molar refractivity (Wildman–Crippen MR) is 56.1 cm³/mol. The maximum absolute atomic E-state index is 12.6. The Morgan fingerprint density at radius 3 is 2.50 bits per heavy atom. The van der Waals surface area contributed by atoms with Crippen LogP contribution in [0.25, 0.3) is 0 Å². The van der Waals surface area contributed by atoms with Crippen molar-refractivity contribution in [3.63, 3.8) is 0 Å². The van der Waals surface area contributed by atoms with Crippen LogP contribution in [0.5, 0.6) is 5.75 Å². The number of alkyl halides is 4. The highest BCUT2D eigenvalue weighted by Crippen LogP contribution is 2.36. The minimum Gasteiger partial charge on any atom is -0.496 e. The summed E-state index contributed by atoms with van der Waals surface area (Å²) in [6, 6.07) is 3.23. The van der Waals surface area contributed by atoms with Gasteiger partial charge in [0, 0.05) is 5.56 Å². The Morgan fingerprint density at radius 1 is 1.44 bits per heavy atom. The highest BCUT2D eigenvalue weighted by Gasteiger charge is 2.34. The van der Waals surface area contributed by atoms with Gasteiger partial charge in [-0.15, -0.1) is 0 Å². The first-order valence-electron chi connectivity index (χ1n) is 4.24. The van der Waals surface area contributed by atoms with Gasteiger partial charge in [0.15, 0.2) is 5.78 Å². The van der Waals surface area contributed by atoms with Crippen LogP contribution < -0.4 is 4.74 Å². The van der Waals surface area contributed by atoms with E-state index in [0.717, 1.165) is 19.2 Å². The first-order valence-corrected chi connectivity index (χ1v) is 5.36. The molecule has 0 unspecified atom stereocenters. The van der Waals surface area contributed by atoms with E-state index in [9.17, 15) is 18.0 Å². The molecule has 0 aliphatic heterocycles. The van der Waals surface area contributed by atoms with Crippen LogP contribution in [0.3, 0.4) is 0 Å². The molecular formula is C10H8BrF3O2. The molecule has 88 valence electrons. The first-order chi connectivity index (χ1) is 7.40. The van der Waals surface area contributed by atoms with E-state index in [1.54, 1.807) is 0 Å². The summed E-state index contributed by atoms with van der Waals surface area (Å²) in [6.07, 6.45) is -4.53. The maximum Gasteiger partial charge on any atom is 0.419 e. The van der Waals surface area contributed by atoms with Crippen LogP contribution in [-0.4, -0.2) is 18.2 Å². The van der Waals surface area contributed by atoms with Gasteiger partial charge in [-0.25, -0.2) is 0 Å². The molecule has 0 amide bonds. The lowest BCUT2D eigenvalue weighted by atomic mass is 10.1. The molecule has 16 heavy (non-hydrogen) atoms. The van der Waals surface area contributed by atoms with Crippen LogP contribution >= 0.6 is 15.9 Å². The summed E-state index contributed by atoms with van der Waals surface area (Å²) in [5, 5.41) is -0.0172. The SMILES string of the molecule is COc1ccc(C(=O)CBr)cc1C(F)(F)F. The predicted octanol–water partition coefficient (Wildman–Crippen LogP) is 3.29. The molecule has 0 fully saturated rings. The summed E-state index contributed by atoms with van der Waals surface area (Å²) in [7, 11) is 1.15. The van der Waals surface area contributed by atoms with Crippen molar-refractivity contribution >= 4 is 21.7 Å². The third kappa shape index (κ3) is 2.75. The molecule has 6 heteroatoms. The molecule has 0 N–H and O–H groups in total. The van der Waals surface area contributed by atoms with Crippen molar-refractivity contribution in [3.05, 3.63) is 29.3 Å². The Labute approximate surface area is 98.5 Å². The normalized spacial score (nSPS) is 11.3. The number of carbonyl (C=O) groups is 1. The second kappa shape index (κ2) is 4.86. The van der Waals surface area contributed by atoms with Gasteiger partial charge in [0.2, 0.25) is 0 Å². The van der Waals surface area contributed by atoms with Crippen LogP contribution in [0.1, 0.15) is 15.9 Å². The Kier molecular flexibility index (Phi) is 3.96. The van der Waals surface area contributed by atoms with Crippen LogP contribution in [0.4, 0.5) is 13.2 Å². The van der Waals surface area contributed by atoms with E-state index in [0.29, 0.717) is 0 Å². The third-order valence-electron chi connectivity index (χ3n) is 1.95. The highest BCUT2D eigenvalue weighted by molar-refractivity contribution is 9.09. The summed E-state index contributed by atoms with van der Waals surface area (Å²) in [5.74, 6) is -0.702. The molecule has 0 saturated heterocycles. The molecule has 0 bridgehead atoms. The highest BCUT2D eigenvalue weighted by atomic mass is 79.9. The number of carbonyl (C=O) groups excluding carboxylic acids is 1. The second-order valence-corrected chi connectivity index (χ2v) is 3.53. The molecule has 0 radical (unpaired) electrons. The number of benzene rings is 1. The zero-order valence-electron chi connectivity index (χ0n) is 8.27.